The molecule has 0 heterocycles. The summed E-state index contributed by atoms with van der Waals surface area (Å²) in [5, 5.41) is 8.78. The van der Waals surface area contributed by atoms with Crippen LogP contribution in [0.15, 0.2) is 0 Å². The molecule has 1 unspecified atom stereocenters. The first-order valence-corrected chi connectivity index (χ1v) is 6.32. The number of aliphatic carboxylic acids is 1. The first kappa shape index (κ1) is 16.7. The van der Waals surface area contributed by atoms with E-state index in [2.05, 4.69) is 20.8 Å². The van der Waals surface area contributed by atoms with Crippen molar-refractivity contribution in [1.29, 1.82) is 0 Å². The second kappa shape index (κ2) is 6.61. The first-order valence-electron chi connectivity index (χ1n) is 6.32. The number of carbonyl (C=O) groups excluding carboxylic acids is 1. The van der Waals surface area contributed by atoms with Gasteiger partial charge < -0.3 is 14.9 Å². The minimum atomic E-state index is -0.882. The van der Waals surface area contributed by atoms with Crippen molar-refractivity contribution in [3.63, 3.8) is 0 Å². The van der Waals surface area contributed by atoms with E-state index in [1.165, 1.54) is 0 Å². The molecule has 0 aromatic rings. The van der Waals surface area contributed by atoms with Gasteiger partial charge in [-0.05, 0) is 19.3 Å². The molecule has 0 spiro atoms. The number of urea groups is 1. The highest BCUT2D eigenvalue weighted by atomic mass is 16.4. The topological polar surface area (TPSA) is 60.9 Å². The predicted octanol–water partition coefficient (Wildman–Crippen LogP) is 2.27. The molecular formula is C13H26N2O3. The van der Waals surface area contributed by atoms with Crippen molar-refractivity contribution in [2.75, 3.05) is 20.1 Å². The van der Waals surface area contributed by atoms with E-state index < -0.39 is 5.97 Å². The fourth-order valence-electron chi connectivity index (χ4n) is 2.00. The minimum Gasteiger partial charge on any atom is -0.481 e. The minimum absolute atomic E-state index is 0.0249. The predicted molar refractivity (Wildman–Crippen MR) is 71.6 cm³/mol. The van der Waals surface area contributed by atoms with Crippen LogP contribution < -0.4 is 0 Å². The summed E-state index contributed by atoms with van der Waals surface area (Å²) in [6.45, 7) is 11.0. The highest BCUT2D eigenvalue weighted by Gasteiger charge is 2.25. The van der Waals surface area contributed by atoms with Gasteiger partial charge in [-0.3, -0.25) is 4.79 Å². The molecule has 18 heavy (non-hydrogen) atoms. The van der Waals surface area contributed by atoms with Gasteiger partial charge in [0.15, 0.2) is 0 Å². The van der Waals surface area contributed by atoms with Crippen molar-refractivity contribution < 1.29 is 14.7 Å². The molecule has 0 aliphatic heterocycles. The van der Waals surface area contributed by atoms with E-state index >= 15 is 0 Å². The SMILES string of the molecule is CCN(C(=O)N(C)CC(C)(C)C)C(C)CC(=O)O. The van der Waals surface area contributed by atoms with E-state index in [0.29, 0.717) is 13.1 Å². The highest BCUT2D eigenvalue weighted by molar-refractivity contribution is 5.75. The van der Waals surface area contributed by atoms with Crippen molar-refractivity contribution in [3.8, 4) is 0 Å². The Hall–Kier alpha value is -1.26. The van der Waals surface area contributed by atoms with Crippen LogP contribution in [0.5, 0.6) is 0 Å². The highest BCUT2D eigenvalue weighted by Crippen LogP contribution is 2.16. The van der Waals surface area contributed by atoms with Gasteiger partial charge in [0.05, 0.1) is 6.42 Å². The first-order chi connectivity index (χ1) is 8.08. The van der Waals surface area contributed by atoms with Crippen molar-refractivity contribution in [3.05, 3.63) is 0 Å². The number of hydrogen-bond donors (Lipinski definition) is 1. The molecule has 1 N–H and O–H groups in total. The molecule has 5 nitrogen and oxygen atoms in total. The van der Waals surface area contributed by atoms with Crippen LogP contribution in [0.1, 0.15) is 41.0 Å². The summed E-state index contributed by atoms with van der Waals surface area (Å²) >= 11 is 0. The Bertz CT molecular complexity index is 297. The number of hydrogen-bond acceptors (Lipinski definition) is 2. The number of carboxylic acids is 1. The lowest BCUT2D eigenvalue weighted by Gasteiger charge is -2.34. The fraction of sp³-hybridized carbons (Fsp3) is 0.846. The average Bonchev–Trinajstić information content (AvgIpc) is 2.14. The molecular weight excluding hydrogens is 232 g/mol. The van der Waals surface area contributed by atoms with Gasteiger partial charge in [-0.2, -0.15) is 0 Å². The Morgan fingerprint density at radius 1 is 1.28 bits per heavy atom. The fourth-order valence-corrected chi connectivity index (χ4v) is 2.00. The zero-order valence-corrected chi connectivity index (χ0v) is 12.4. The molecule has 0 saturated carbocycles. The second-order valence-electron chi connectivity index (χ2n) is 5.93. The Kier molecular flexibility index (Phi) is 6.15. The average molecular weight is 258 g/mol. The Morgan fingerprint density at radius 3 is 2.11 bits per heavy atom. The van der Waals surface area contributed by atoms with Crippen LogP contribution in [0, 0.1) is 5.41 Å². The van der Waals surface area contributed by atoms with Crippen LogP contribution in [0.4, 0.5) is 4.79 Å². The molecule has 2 amide bonds. The lowest BCUT2D eigenvalue weighted by molar-refractivity contribution is -0.138. The number of nitrogens with zero attached hydrogens (tertiary/aromatic N) is 2. The van der Waals surface area contributed by atoms with Crippen LogP contribution in [0.25, 0.3) is 0 Å². The molecule has 0 aromatic carbocycles. The van der Waals surface area contributed by atoms with E-state index in [9.17, 15) is 9.59 Å². The number of carboxylic acid groups (broad SMARTS) is 1. The van der Waals surface area contributed by atoms with Crippen molar-refractivity contribution in [2.45, 2.75) is 47.1 Å². The molecule has 0 saturated heterocycles. The lowest BCUT2D eigenvalue weighted by Crippen LogP contribution is -2.48. The van der Waals surface area contributed by atoms with Crippen molar-refractivity contribution in [1.82, 2.24) is 9.80 Å². The van der Waals surface area contributed by atoms with E-state index in [0.717, 1.165) is 0 Å². The Labute approximate surface area is 110 Å². The van der Waals surface area contributed by atoms with E-state index in [1.807, 2.05) is 6.92 Å². The van der Waals surface area contributed by atoms with Gasteiger partial charge >= 0.3 is 12.0 Å². The smallest absolute Gasteiger partial charge is 0.320 e. The van der Waals surface area contributed by atoms with Gasteiger partial charge in [-0.25, -0.2) is 4.79 Å². The summed E-state index contributed by atoms with van der Waals surface area (Å²) in [4.78, 5) is 26.2. The van der Waals surface area contributed by atoms with Crippen molar-refractivity contribution >= 4 is 12.0 Å². The van der Waals surface area contributed by atoms with Crippen LogP contribution in [-0.2, 0) is 4.79 Å². The number of carbonyl (C=O) groups is 2. The molecule has 0 fully saturated rings. The Morgan fingerprint density at radius 2 is 1.78 bits per heavy atom. The number of amides is 2. The van der Waals surface area contributed by atoms with Gasteiger partial charge in [0.25, 0.3) is 0 Å². The summed E-state index contributed by atoms with van der Waals surface area (Å²) in [7, 11) is 1.75. The molecule has 0 aliphatic carbocycles. The van der Waals surface area contributed by atoms with E-state index in [4.69, 9.17) is 5.11 Å². The monoisotopic (exact) mass is 258 g/mol. The molecule has 5 heteroatoms. The third-order valence-corrected chi connectivity index (χ3v) is 2.63. The third kappa shape index (κ3) is 5.89. The summed E-state index contributed by atoms with van der Waals surface area (Å²) in [6, 6.07) is -0.399. The second-order valence-corrected chi connectivity index (χ2v) is 5.93. The van der Waals surface area contributed by atoms with Gasteiger partial charge in [-0.15, -0.1) is 0 Å². The largest absolute Gasteiger partial charge is 0.481 e. The van der Waals surface area contributed by atoms with Gasteiger partial charge in [0, 0.05) is 26.2 Å². The van der Waals surface area contributed by atoms with Crippen LogP contribution >= 0.6 is 0 Å². The molecule has 0 aliphatic rings. The van der Waals surface area contributed by atoms with Crippen LogP contribution in [-0.4, -0.2) is 53.1 Å². The molecule has 0 radical (unpaired) electrons. The lowest BCUT2D eigenvalue weighted by atomic mass is 9.96. The van der Waals surface area contributed by atoms with Gasteiger partial charge in [0.1, 0.15) is 0 Å². The molecule has 0 bridgehead atoms. The summed E-state index contributed by atoms with van der Waals surface area (Å²) in [5.41, 5.74) is 0.0276. The maximum Gasteiger partial charge on any atom is 0.320 e. The van der Waals surface area contributed by atoms with Gasteiger partial charge in [-0.1, -0.05) is 20.8 Å². The Balaban J connectivity index is 4.65. The van der Waals surface area contributed by atoms with Gasteiger partial charge in [0.2, 0.25) is 0 Å². The molecule has 0 rings (SSSR count). The third-order valence-electron chi connectivity index (χ3n) is 2.63. The molecule has 1 atom stereocenters. The van der Waals surface area contributed by atoms with E-state index in [1.54, 1.807) is 23.8 Å². The maximum absolute atomic E-state index is 12.2. The van der Waals surface area contributed by atoms with Crippen LogP contribution in [0.3, 0.4) is 0 Å². The normalized spacial score (nSPS) is 13.0. The van der Waals surface area contributed by atoms with Crippen molar-refractivity contribution in [2.24, 2.45) is 5.41 Å². The van der Waals surface area contributed by atoms with E-state index in [-0.39, 0.29) is 23.9 Å². The molecule has 0 aromatic heterocycles. The maximum atomic E-state index is 12.2. The zero-order valence-electron chi connectivity index (χ0n) is 12.4. The summed E-state index contributed by atoms with van der Waals surface area (Å²) in [5.74, 6) is -0.882. The van der Waals surface area contributed by atoms with Crippen LogP contribution in [0.2, 0.25) is 0 Å². The quantitative estimate of drug-likeness (QED) is 0.823. The standard InChI is InChI=1S/C13H26N2O3/c1-7-15(10(2)8-11(16)17)12(18)14(6)9-13(3,4)5/h10H,7-9H2,1-6H3,(H,16,17). The summed E-state index contributed by atoms with van der Waals surface area (Å²) < 4.78 is 0. The number of rotatable bonds is 5. The summed E-state index contributed by atoms with van der Waals surface area (Å²) in [6.07, 6.45) is -0.0249. The molecule has 106 valence electrons. The zero-order chi connectivity index (χ0) is 14.5.